The van der Waals surface area contributed by atoms with E-state index in [0.29, 0.717) is 12.9 Å². The molecule has 1 saturated heterocycles. The van der Waals surface area contributed by atoms with Gasteiger partial charge < -0.3 is 19.4 Å². The van der Waals surface area contributed by atoms with Gasteiger partial charge in [-0.05, 0) is 54.8 Å². The Morgan fingerprint density at radius 3 is 2.05 bits per heavy atom. The van der Waals surface area contributed by atoms with Crippen molar-refractivity contribution in [1.29, 1.82) is 0 Å². The highest BCUT2D eigenvalue weighted by atomic mass is 16.7. The molecule has 1 amide bonds. The van der Waals surface area contributed by atoms with Crippen LogP contribution in [0.3, 0.4) is 0 Å². The number of ether oxygens (including phenoxy) is 1. The van der Waals surface area contributed by atoms with Crippen LogP contribution in [-0.4, -0.2) is 36.6 Å². The average molecular weight is 271 g/mol. The van der Waals surface area contributed by atoms with Crippen molar-refractivity contribution in [2.75, 3.05) is 6.54 Å². The van der Waals surface area contributed by atoms with E-state index in [9.17, 15) is 4.79 Å². The number of carbonyl (C=O) groups is 1. The molecule has 6 heteroatoms. The molecule has 1 heterocycles. The molecular weight excluding hydrogens is 245 g/mol. The van der Waals surface area contributed by atoms with E-state index in [1.165, 1.54) is 0 Å². The molecule has 1 aliphatic rings. The van der Waals surface area contributed by atoms with Gasteiger partial charge in [-0.1, -0.05) is 0 Å². The lowest BCUT2D eigenvalue weighted by Crippen LogP contribution is -2.41. The topological polar surface area (TPSA) is 56.8 Å². The molecule has 0 aromatic heterocycles. The summed E-state index contributed by atoms with van der Waals surface area (Å²) in [4.78, 5) is 11.5. The summed E-state index contributed by atoms with van der Waals surface area (Å²) in [6.07, 6.45) is 0.190. The second-order valence-electron chi connectivity index (χ2n) is 6.90. The average Bonchev–Trinajstić information content (AvgIpc) is 2.31. The molecule has 0 saturated carbocycles. The summed E-state index contributed by atoms with van der Waals surface area (Å²) in [5, 5.41) is 2.70. The molecule has 1 aliphatic heterocycles. The fraction of sp³-hybridized carbons (Fsp3) is 0.923. The molecule has 1 N–H and O–H groups in total. The van der Waals surface area contributed by atoms with Gasteiger partial charge >= 0.3 is 13.2 Å². The lowest BCUT2D eigenvalue weighted by Gasteiger charge is -2.32. The van der Waals surface area contributed by atoms with Gasteiger partial charge in [0.05, 0.1) is 11.2 Å². The first-order chi connectivity index (χ1) is 8.43. The van der Waals surface area contributed by atoms with Crippen molar-refractivity contribution in [3.8, 4) is 0 Å². The zero-order chi connectivity index (χ0) is 14.9. The molecule has 0 bridgehead atoms. The first-order valence-electron chi connectivity index (χ1n) is 6.75. The summed E-state index contributed by atoms with van der Waals surface area (Å²) in [6, 6.07) is 0. The van der Waals surface area contributed by atoms with Crippen molar-refractivity contribution in [2.24, 2.45) is 0 Å². The van der Waals surface area contributed by atoms with Gasteiger partial charge in [-0.3, -0.25) is 0 Å². The number of alkyl carbamates (subject to hydrolysis) is 1. The molecule has 110 valence electrons. The Morgan fingerprint density at radius 1 is 1.16 bits per heavy atom. The first kappa shape index (κ1) is 16.3. The zero-order valence-corrected chi connectivity index (χ0v) is 13.1. The van der Waals surface area contributed by atoms with Crippen molar-refractivity contribution in [3.05, 3.63) is 0 Å². The van der Waals surface area contributed by atoms with E-state index in [0.717, 1.165) is 0 Å². The summed E-state index contributed by atoms with van der Waals surface area (Å²) in [6.45, 7) is 14.0. The third-order valence-corrected chi connectivity index (χ3v) is 3.35. The minimum atomic E-state index is -0.478. The number of carbonyl (C=O) groups excluding carboxylic acids is 1. The smallest absolute Gasteiger partial charge is 0.444 e. The van der Waals surface area contributed by atoms with Gasteiger partial charge in [-0.2, -0.15) is 0 Å². The Labute approximate surface area is 116 Å². The van der Waals surface area contributed by atoms with Gasteiger partial charge in [0, 0.05) is 6.54 Å². The van der Waals surface area contributed by atoms with Gasteiger partial charge in [-0.25, -0.2) is 4.79 Å². The second kappa shape index (κ2) is 5.33. The predicted octanol–water partition coefficient (Wildman–Crippen LogP) is 2.60. The van der Waals surface area contributed by atoms with Gasteiger partial charge in [0.25, 0.3) is 0 Å². The third kappa shape index (κ3) is 4.69. The maximum Gasteiger partial charge on any atom is 0.459 e. The van der Waals surface area contributed by atoms with Crippen LogP contribution in [0.4, 0.5) is 4.79 Å². The van der Waals surface area contributed by atoms with E-state index in [2.05, 4.69) is 5.32 Å². The minimum absolute atomic E-state index is 0.292. The van der Waals surface area contributed by atoms with Crippen molar-refractivity contribution in [2.45, 2.75) is 71.6 Å². The van der Waals surface area contributed by atoms with Crippen LogP contribution in [0.5, 0.6) is 0 Å². The molecule has 0 aliphatic carbocycles. The Morgan fingerprint density at radius 2 is 1.63 bits per heavy atom. The highest BCUT2D eigenvalue weighted by molar-refractivity contribution is 6.45. The Hall–Kier alpha value is -0.745. The number of amides is 1. The molecule has 0 atom stereocenters. The van der Waals surface area contributed by atoms with Crippen molar-refractivity contribution < 1.29 is 18.8 Å². The van der Waals surface area contributed by atoms with Crippen LogP contribution >= 0.6 is 0 Å². The molecule has 19 heavy (non-hydrogen) atoms. The quantitative estimate of drug-likeness (QED) is 0.801. The predicted molar refractivity (Wildman–Crippen MR) is 75.1 cm³/mol. The Kier molecular flexibility index (Phi) is 4.57. The van der Waals surface area contributed by atoms with Gasteiger partial charge in [0.15, 0.2) is 0 Å². The second-order valence-corrected chi connectivity index (χ2v) is 6.90. The molecule has 0 aromatic carbocycles. The van der Waals surface area contributed by atoms with Crippen LogP contribution in [0.25, 0.3) is 0 Å². The molecule has 1 fully saturated rings. The van der Waals surface area contributed by atoms with E-state index in [4.69, 9.17) is 14.0 Å². The molecular formula is C13H26BNO4. The van der Waals surface area contributed by atoms with Crippen LogP contribution in [0.1, 0.15) is 48.5 Å². The van der Waals surface area contributed by atoms with Crippen LogP contribution in [0.15, 0.2) is 0 Å². The van der Waals surface area contributed by atoms with Crippen LogP contribution < -0.4 is 5.32 Å². The molecule has 1 rings (SSSR count). The fourth-order valence-electron chi connectivity index (χ4n) is 1.69. The highest BCUT2D eigenvalue weighted by Gasteiger charge is 2.50. The molecule has 0 spiro atoms. The molecule has 0 aromatic rings. The van der Waals surface area contributed by atoms with E-state index in [1.54, 1.807) is 0 Å². The first-order valence-corrected chi connectivity index (χ1v) is 6.75. The largest absolute Gasteiger partial charge is 0.459 e. The summed E-state index contributed by atoms with van der Waals surface area (Å²) in [5.74, 6) is 0. The molecule has 0 unspecified atom stereocenters. The summed E-state index contributed by atoms with van der Waals surface area (Å²) in [7, 11) is -0.292. The summed E-state index contributed by atoms with van der Waals surface area (Å²) in [5.41, 5.74) is -1.14. The van der Waals surface area contributed by atoms with Gasteiger partial charge in [0.1, 0.15) is 5.60 Å². The maximum absolute atomic E-state index is 11.5. The minimum Gasteiger partial charge on any atom is -0.444 e. The van der Waals surface area contributed by atoms with Crippen LogP contribution in [0.2, 0.25) is 6.32 Å². The van der Waals surface area contributed by atoms with Crippen molar-refractivity contribution in [1.82, 2.24) is 5.32 Å². The van der Waals surface area contributed by atoms with Crippen molar-refractivity contribution in [3.63, 3.8) is 0 Å². The number of rotatable bonds is 3. The molecule has 0 radical (unpaired) electrons. The van der Waals surface area contributed by atoms with Crippen LogP contribution in [-0.2, 0) is 14.0 Å². The Balaban J connectivity index is 2.31. The maximum atomic E-state index is 11.5. The Bertz CT molecular complexity index is 320. The summed E-state index contributed by atoms with van der Waals surface area (Å²) >= 11 is 0. The number of hydrogen-bond acceptors (Lipinski definition) is 4. The van der Waals surface area contributed by atoms with E-state index < -0.39 is 11.7 Å². The van der Waals surface area contributed by atoms with E-state index in [1.807, 2.05) is 48.5 Å². The monoisotopic (exact) mass is 271 g/mol. The normalized spacial score (nSPS) is 21.3. The summed E-state index contributed by atoms with van der Waals surface area (Å²) < 4.78 is 16.8. The van der Waals surface area contributed by atoms with Crippen LogP contribution in [0, 0.1) is 0 Å². The standard InChI is InChI=1S/C13H26BNO4/c1-11(2,3)17-10(16)15-9-8-14-18-12(4,5)13(6,7)19-14/h8-9H2,1-7H3,(H,15,16). The fourth-order valence-corrected chi connectivity index (χ4v) is 1.69. The SMILES string of the molecule is CC(C)(C)OC(=O)NCCB1OC(C)(C)C(C)(C)O1. The van der Waals surface area contributed by atoms with Crippen molar-refractivity contribution >= 4 is 13.2 Å². The van der Waals surface area contributed by atoms with E-state index >= 15 is 0 Å². The highest BCUT2D eigenvalue weighted by Crippen LogP contribution is 2.37. The lowest BCUT2D eigenvalue weighted by atomic mass is 9.85. The molecule has 5 nitrogen and oxygen atoms in total. The number of nitrogens with one attached hydrogen (secondary N) is 1. The van der Waals surface area contributed by atoms with Gasteiger partial charge in [-0.15, -0.1) is 0 Å². The number of hydrogen-bond donors (Lipinski definition) is 1. The third-order valence-electron chi connectivity index (χ3n) is 3.35. The zero-order valence-electron chi connectivity index (χ0n) is 13.1. The lowest BCUT2D eigenvalue weighted by molar-refractivity contribution is 0.00578. The van der Waals surface area contributed by atoms with Gasteiger partial charge in [0.2, 0.25) is 0 Å². The van der Waals surface area contributed by atoms with E-state index in [-0.39, 0.29) is 18.3 Å².